The van der Waals surface area contributed by atoms with Gasteiger partial charge in [-0.15, -0.1) is 0 Å². The summed E-state index contributed by atoms with van der Waals surface area (Å²) in [4.78, 5) is 14.4. The molecule has 0 atom stereocenters. The van der Waals surface area contributed by atoms with Gasteiger partial charge in [-0.1, -0.05) is 0 Å². The van der Waals surface area contributed by atoms with Gasteiger partial charge in [0.15, 0.2) is 0 Å². The molecule has 0 bridgehead atoms. The lowest BCUT2D eigenvalue weighted by Gasteiger charge is -2.00. The minimum absolute atomic E-state index is 0.0990. The van der Waals surface area contributed by atoms with E-state index in [4.69, 9.17) is 10.8 Å². The molecule has 1 amide bonds. The highest BCUT2D eigenvalue weighted by Gasteiger charge is 1.99. The summed E-state index contributed by atoms with van der Waals surface area (Å²) < 4.78 is 0. The average Bonchev–Trinajstić information content (AvgIpc) is 2.15. The molecule has 1 radical (unpaired) electrons. The molecule has 0 aromatic carbocycles. The minimum Gasteiger partial charge on any atom is -0.390 e. The van der Waals surface area contributed by atoms with Crippen LogP contribution < -0.4 is 5.73 Å². The number of aliphatic hydroxyl groups excluding tert-OH is 1. The van der Waals surface area contributed by atoms with Crippen LogP contribution in [-0.4, -0.2) is 16.0 Å². The summed E-state index contributed by atoms with van der Waals surface area (Å²) in [7, 11) is 0. The summed E-state index contributed by atoms with van der Waals surface area (Å²) in [5, 5.41) is 8.77. The number of hydrogen-bond donors (Lipinski definition) is 2. The van der Waals surface area contributed by atoms with Crippen molar-refractivity contribution in [3.05, 3.63) is 36.0 Å². The van der Waals surface area contributed by atoms with E-state index in [0.717, 1.165) is 5.56 Å². The van der Waals surface area contributed by atoms with Crippen LogP contribution in [0, 0.1) is 6.42 Å². The molecule has 1 aromatic heterocycles. The molecule has 4 heteroatoms. The Morgan fingerprint density at radius 2 is 2.46 bits per heavy atom. The first-order valence-electron chi connectivity index (χ1n) is 3.89. The van der Waals surface area contributed by atoms with Crippen molar-refractivity contribution >= 4 is 5.91 Å². The summed E-state index contributed by atoms with van der Waals surface area (Å²) in [5.74, 6) is -0.373. The maximum Gasteiger partial charge on any atom is 0.218 e. The number of rotatable bonds is 4. The van der Waals surface area contributed by atoms with Gasteiger partial charge in [0.05, 0.1) is 12.3 Å². The van der Waals surface area contributed by atoms with Crippen molar-refractivity contribution in [2.45, 2.75) is 13.0 Å². The number of carbonyl (C=O) groups excluding carboxylic acids is 1. The molecule has 1 aromatic rings. The van der Waals surface area contributed by atoms with Crippen molar-refractivity contribution in [2.24, 2.45) is 5.73 Å². The molecule has 0 fully saturated rings. The Hall–Kier alpha value is -1.42. The number of aliphatic hydroxyl groups is 1. The molecule has 0 aliphatic carbocycles. The second-order valence-corrected chi connectivity index (χ2v) is 2.61. The smallest absolute Gasteiger partial charge is 0.218 e. The van der Waals surface area contributed by atoms with Gasteiger partial charge in [0.25, 0.3) is 0 Å². The largest absolute Gasteiger partial charge is 0.390 e. The van der Waals surface area contributed by atoms with Crippen molar-refractivity contribution in [2.75, 3.05) is 0 Å². The molecule has 1 rings (SSSR count). The molecule has 4 nitrogen and oxygen atoms in total. The third-order valence-electron chi connectivity index (χ3n) is 1.54. The van der Waals surface area contributed by atoms with Crippen LogP contribution in [0.25, 0.3) is 0 Å². The summed E-state index contributed by atoms with van der Waals surface area (Å²) in [6.45, 7) is -0.0990. The highest BCUT2D eigenvalue weighted by molar-refractivity contribution is 5.75. The fraction of sp³-hybridized carbons (Fsp3) is 0.222. The fourth-order valence-corrected chi connectivity index (χ4v) is 0.929. The molecule has 0 saturated heterocycles. The first-order valence-corrected chi connectivity index (χ1v) is 3.89. The van der Waals surface area contributed by atoms with Crippen LogP contribution in [0.2, 0.25) is 0 Å². The van der Waals surface area contributed by atoms with Crippen molar-refractivity contribution in [1.29, 1.82) is 0 Å². The molecule has 0 spiro atoms. The fourth-order valence-electron chi connectivity index (χ4n) is 0.929. The third kappa shape index (κ3) is 3.21. The van der Waals surface area contributed by atoms with Crippen LogP contribution in [0.15, 0.2) is 18.3 Å². The van der Waals surface area contributed by atoms with Crippen molar-refractivity contribution in [3.63, 3.8) is 0 Å². The van der Waals surface area contributed by atoms with E-state index < -0.39 is 0 Å². The number of carbonyl (C=O) groups is 1. The minimum atomic E-state index is -0.373. The van der Waals surface area contributed by atoms with Crippen LogP contribution in [0.5, 0.6) is 0 Å². The van der Waals surface area contributed by atoms with Gasteiger partial charge >= 0.3 is 0 Å². The molecular formula is C9H11N2O2. The van der Waals surface area contributed by atoms with Gasteiger partial charge < -0.3 is 10.8 Å². The first kappa shape index (κ1) is 9.67. The maximum atomic E-state index is 10.5. The van der Waals surface area contributed by atoms with Crippen LogP contribution in [-0.2, 0) is 11.4 Å². The predicted molar refractivity (Wildman–Crippen MR) is 47.4 cm³/mol. The SMILES string of the molecule is NC(=O)C[CH]c1ccnc(CO)c1. The Bertz CT molecular complexity index is 299. The highest BCUT2D eigenvalue weighted by Crippen LogP contribution is 2.06. The molecule has 69 valence electrons. The zero-order chi connectivity index (χ0) is 9.68. The van der Waals surface area contributed by atoms with Crippen LogP contribution in [0.4, 0.5) is 0 Å². The second-order valence-electron chi connectivity index (χ2n) is 2.61. The van der Waals surface area contributed by atoms with Crippen molar-refractivity contribution in [1.82, 2.24) is 4.98 Å². The Balaban J connectivity index is 2.61. The third-order valence-corrected chi connectivity index (χ3v) is 1.54. The standard InChI is InChI=1S/C9H11N2O2/c10-9(13)2-1-7-3-4-11-8(5-7)6-12/h1,3-5,12H,2,6H2,(H2,10,13). The van der Waals surface area contributed by atoms with E-state index >= 15 is 0 Å². The average molecular weight is 179 g/mol. The molecule has 0 unspecified atom stereocenters. The lowest BCUT2D eigenvalue weighted by atomic mass is 10.1. The predicted octanol–water partition coefficient (Wildman–Crippen LogP) is 0.00169. The molecule has 1 heterocycles. The van der Waals surface area contributed by atoms with Crippen molar-refractivity contribution < 1.29 is 9.90 Å². The quantitative estimate of drug-likeness (QED) is 0.683. The molecule has 0 aliphatic rings. The van der Waals surface area contributed by atoms with Crippen LogP contribution >= 0.6 is 0 Å². The highest BCUT2D eigenvalue weighted by atomic mass is 16.3. The summed E-state index contributed by atoms with van der Waals surface area (Å²) in [5.41, 5.74) is 6.40. The van der Waals surface area contributed by atoms with E-state index in [1.54, 1.807) is 24.8 Å². The van der Waals surface area contributed by atoms with E-state index in [0.29, 0.717) is 5.69 Å². The molecule has 0 saturated carbocycles. The van der Waals surface area contributed by atoms with E-state index in [1.165, 1.54) is 0 Å². The Kier molecular flexibility index (Phi) is 3.40. The van der Waals surface area contributed by atoms with Gasteiger partial charge in [0, 0.05) is 19.0 Å². The maximum absolute atomic E-state index is 10.5. The summed E-state index contributed by atoms with van der Waals surface area (Å²) in [6, 6.07) is 3.46. The topological polar surface area (TPSA) is 76.2 Å². The van der Waals surface area contributed by atoms with Gasteiger partial charge in [0.2, 0.25) is 5.91 Å². The lowest BCUT2D eigenvalue weighted by molar-refractivity contribution is -0.117. The first-order chi connectivity index (χ1) is 6.22. The number of nitrogens with two attached hydrogens (primary N) is 1. The zero-order valence-electron chi connectivity index (χ0n) is 7.10. The normalized spacial score (nSPS) is 9.92. The number of nitrogens with zero attached hydrogens (tertiary/aromatic N) is 1. The van der Waals surface area contributed by atoms with E-state index in [9.17, 15) is 4.79 Å². The van der Waals surface area contributed by atoms with E-state index in [1.807, 2.05) is 0 Å². The Morgan fingerprint density at radius 3 is 3.08 bits per heavy atom. The molecular weight excluding hydrogens is 168 g/mol. The number of primary amides is 1. The molecule has 0 aliphatic heterocycles. The molecule has 13 heavy (non-hydrogen) atoms. The van der Waals surface area contributed by atoms with Gasteiger partial charge in [-0.3, -0.25) is 9.78 Å². The summed E-state index contributed by atoms with van der Waals surface area (Å²) >= 11 is 0. The van der Waals surface area contributed by atoms with E-state index in [-0.39, 0.29) is 18.9 Å². The molecule has 3 N–H and O–H groups in total. The number of aromatic nitrogens is 1. The van der Waals surface area contributed by atoms with Gasteiger partial charge in [-0.2, -0.15) is 0 Å². The van der Waals surface area contributed by atoms with Gasteiger partial charge in [-0.05, 0) is 17.7 Å². The Labute approximate surface area is 76.4 Å². The van der Waals surface area contributed by atoms with Crippen LogP contribution in [0.1, 0.15) is 17.7 Å². The zero-order valence-corrected chi connectivity index (χ0v) is 7.10. The lowest BCUT2D eigenvalue weighted by Crippen LogP contribution is -2.10. The van der Waals surface area contributed by atoms with Gasteiger partial charge in [0.1, 0.15) is 0 Å². The second kappa shape index (κ2) is 4.57. The van der Waals surface area contributed by atoms with Gasteiger partial charge in [-0.25, -0.2) is 0 Å². The summed E-state index contributed by atoms with van der Waals surface area (Å²) in [6.07, 6.45) is 3.48. The number of pyridine rings is 1. The van der Waals surface area contributed by atoms with Crippen LogP contribution in [0.3, 0.4) is 0 Å². The van der Waals surface area contributed by atoms with E-state index in [2.05, 4.69) is 4.98 Å². The number of hydrogen-bond acceptors (Lipinski definition) is 3. The Morgan fingerprint density at radius 1 is 1.69 bits per heavy atom. The monoisotopic (exact) mass is 179 g/mol. The van der Waals surface area contributed by atoms with Crippen molar-refractivity contribution in [3.8, 4) is 0 Å². The number of amides is 1.